The zero-order valence-corrected chi connectivity index (χ0v) is 31.2. The van der Waals surface area contributed by atoms with Crippen molar-refractivity contribution in [3.8, 4) is 5.75 Å². The summed E-state index contributed by atoms with van der Waals surface area (Å²) in [6.45, 7) is 0. The molecular formula is C37H43F4O8S3-. The molecule has 2 bridgehead atoms. The van der Waals surface area contributed by atoms with Crippen LogP contribution < -0.4 is 4.74 Å². The highest BCUT2D eigenvalue weighted by molar-refractivity contribution is 8.01. The third kappa shape index (κ3) is 7.42. The fourth-order valence-corrected chi connectivity index (χ4v) is 13.5. The van der Waals surface area contributed by atoms with Crippen molar-refractivity contribution in [3.63, 3.8) is 0 Å². The topological polar surface area (TPSA) is 127 Å². The molecule has 15 heteroatoms. The van der Waals surface area contributed by atoms with Crippen molar-refractivity contribution >= 4 is 38.0 Å². The molecular weight excluding hydrogens is 745 g/mol. The van der Waals surface area contributed by atoms with E-state index in [9.17, 15) is 43.7 Å². The maximum Gasteiger partial charge on any atom is 0.315 e. The summed E-state index contributed by atoms with van der Waals surface area (Å²) >= 11 is 1.28. The maximum absolute atomic E-state index is 14.6. The van der Waals surface area contributed by atoms with E-state index in [2.05, 4.69) is 12.1 Å². The monoisotopic (exact) mass is 787 g/mol. The minimum Gasteiger partial charge on any atom is -0.744 e. The van der Waals surface area contributed by atoms with E-state index in [-0.39, 0.29) is 24.7 Å². The molecule has 0 aromatic heterocycles. The molecule has 8 nitrogen and oxygen atoms in total. The molecule has 2 aromatic carbocycles. The lowest BCUT2D eigenvalue weighted by Crippen LogP contribution is -2.37. The Labute approximate surface area is 306 Å². The van der Waals surface area contributed by atoms with Gasteiger partial charge in [0.2, 0.25) is 17.4 Å². The van der Waals surface area contributed by atoms with Gasteiger partial charge in [-0.15, -0.1) is 0 Å². The van der Waals surface area contributed by atoms with Gasteiger partial charge in [-0.3, -0.25) is 8.98 Å². The second kappa shape index (κ2) is 15.1. The van der Waals surface area contributed by atoms with Crippen molar-refractivity contribution in [1.29, 1.82) is 0 Å². The molecule has 3 aliphatic carbocycles. The Kier molecular flexibility index (Phi) is 11.1. The Morgan fingerprint density at radius 2 is 1.13 bits per heavy atom. The van der Waals surface area contributed by atoms with Crippen molar-refractivity contribution in [3.05, 3.63) is 52.1 Å². The van der Waals surface area contributed by atoms with Crippen LogP contribution in [0.4, 0.5) is 17.6 Å². The summed E-state index contributed by atoms with van der Waals surface area (Å²) in [4.78, 5) is 11.0. The van der Waals surface area contributed by atoms with Crippen LogP contribution in [0.5, 0.6) is 5.75 Å². The van der Waals surface area contributed by atoms with Gasteiger partial charge in [-0.1, -0.05) is 69.9 Å². The lowest BCUT2D eigenvalue weighted by molar-refractivity contribution is -0.140. The summed E-state index contributed by atoms with van der Waals surface area (Å²) < 4.78 is 131. The van der Waals surface area contributed by atoms with Gasteiger partial charge in [0.05, 0.1) is 12.0 Å². The Bertz CT molecular complexity index is 1850. The smallest absolute Gasteiger partial charge is 0.315 e. The van der Waals surface area contributed by atoms with Gasteiger partial charge in [-0.25, -0.2) is 17.2 Å². The van der Waals surface area contributed by atoms with E-state index in [0.29, 0.717) is 10.8 Å². The van der Waals surface area contributed by atoms with Crippen LogP contribution in [0, 0.1) is 29.2 Å². The molecule has 0 amide bonds. The Hall–Kier alpha value is -2.20. The highest BCUT2D eigenvalue weighted by Gasteiger charge is 2.53. The first-order valence-electron chi connectivity index (χ1n) is 18.5. The van der Waals surface area contributed by atoms with Gasteiger partial charge in [0.1, 0.15) is 19.9 Å². The van der Waals surface area contributed by atoms with Crippen LogP contribution in [0.3, 0.4) is 0 Å². The van der Waals surface area contributed by atoms with Crippen LogP contribution in [-0.4, -0.2) is 44.0 Å². The zero-order chi connectivity index (χ0) is 36.9. The van der Waals surface area contributed by atoms with Gasteiger partial charge >= 0.3 is 5.97 Å². The predicted molar refractivity (Wildman–Crippen MR) is 184 cm³/mol. The van der Waals surface area contributed by atoms with Crippen molar-refractivity contribution in [2.75, 3.05) is 0 Å². The molecule has 4 unspecified atom stereocenters. The number of halogens is 4. The maximum atomic E-state index is 14.6. The third-order valence-corrected chi connectivity index (χ3v) is 16.0. The quantitative estimate of drug-likeness (QED) is 0.0612. The van der Waals surface area contributed by atoms with Crippen LogP contribution >= 0.6 is 11.8 Å². The molecule has 3 saturated carbocycles. The lowest BCUT2D eigenvalue weighted by atomic mass is 9.76. The molecule has 5 fully saturated rings. The molecule has 2 aromatic rings. The molecule has 5 aliphatic rings. The molecule has 2 saturated heterocycles. The molecule has 286 valence electrons. The summed E-state index contributed by atoms with van der Waals surface area (Å²) in [6.07, 6.45) is 15.1. The van der Waals surface area contributed by atoms with Crippen LogP contribution in [0.25, 0.3) is 0 Å². The zero-order valence-electron chi connectivity index (χ0n) is 28.7. The Morgan fingerprint density at radius 1 is 0.654 bits per heavy atom. The van der Waals surface area contributed by atoms with Gasteiger partial charge in [-0.05, 0) is 85.8 Å². The van der Waals surface area contributed by atoms with E-state index in [1.165, 1.54) is 23.7 Å². The second-order valence-corrected chi connectivity index (χ2v) is 19.5. The number of hydrogen-bond donors (Lipinski definition) is 0. The van der Waals surface area contributed by atoms with E-state index in [1.54, 1.807) is 0 Å². The highest BCUT2D eigenvalue weighted by atomic mass is 32.2. The van der Waals surface area contributed by atoms with Gasteiger partial charge in [-0.2, -0.15) is 29.0 Å². The molecule has 0 N–H and O–H groups in total. The third-order valence-electron chi connectivity index (χ3n) is 11.9. The predicted octanol–water partition coefficient (Wildman–Crippen LogP) is 8.86. The van der Waals surface area contributed by atoms with Gasteiger partial charge in [0.25, 0.3) is 10.1 Å². The average Bonchev–Trinajstić information content (AvgIpc) is 3.73. The fourth-order valence-electron chi connectivity index (χ4n) is 9.35. The number of esters is 1. The summed E-state index contributed by atoms with van der Waals surface area (Å²) in [5, 5.41) is -1.07. The number of ether oxygens (including phenoxy) is 1. The van der Waals surface area contributed by atoms with Crippen molar-refractivity contribution in [2.45, 2.75) is 153 Å². The van der Waals surface area contributed by atoms with Gasteiger partial charge in [0.15, 0.2) is 11.6 Å². The number of fused-ring (bicyclic) bond motifs is 2. The van der Waals surface area contributed by atoms with Gasteiger partial charge in [0, 0.05) is 10.5 Å². The fraction of sp³-hybridized carbons (Fsp3) is 0.649. The number of benzene rings is 2. The standard InChI is InChI=1S/C37H44F4O8S3/c38-30-32(40)36(51(43,44)45)33(41)31(39)34(30)48-37(42)26-18-29-27(19-28(26)50-29)49-52(46,47)35-24(21-12-6-2-7-13-21)16-23(20-10-4-1-5-11-20)17-25(35)22-14-8-3-9-15-22/h16-17,20-22,26-29H,1-15,18-19H2,(H,43,44,45)/p-1. The average molecular weight is 788 g/mol. The molecule has 52 heavy (non-hydrogen) atoms. The minimum absolute atomic E-state index is 0.0150. The van der Waals surface area contributed by atoms with E-state index in [4.69, 9.17) is 8.92 Å². The summed E-state index contributed by atoms with van der Waals surface area (Å²) in [5.74, 6) is -13.1. The SMILES string of the molecule is O=C(Oc1c(F)c(F)c(S(=O)(=O)[O-])c(F)c1F)C1CC2SC1CC2OS(=O)(=O)c1c(C2CCCCC2)cc(C2CCCCC2)cc1C1CCCCC1. The molecule has 4 atom stereocenters. The second-order valence-electron chi connectivity index (χ2n) is 15.2. The molecule has 0 spiro atoms. The number of rotatable bonds is 9. The molecule has 2 heterocycles. The van der Waals surface area contributed by atoms with Crippen molar-refractivity contribution in [1.82, 2.24) is 0 Å². The summed E-state index contributed by atoms with van der Waals surface area (Å²) in [5.41, 5.74) is 2.99. The minimum atomic E-state index is -5.93. The Morgan fingerprint density at radius 3 is 1.58 bits per heavy atom. The van der Waals surface area contributed by atoms with E-state index >= 15 is 0 Å². The molecule has 0 radical (unpaired) electrons. The van der Waals surface area contributed by atoms with Crippen LogP contribution in [0.15, 0.2) is 21.9 Å². The first kappa shape index (κ1) is 38.1. The number of hydrogen-bond acceptors (Lipinski definition) is 9. The van der Waals surface area contributed by atoms with Crippen LogP contribution in [0.2, 0.25) is 0 Å². The highest BCUT2D eigenvalue weighted by Crippen LogP contribution is 2.53. The summed E-state index contributed by atoms with van der Waals surface area (Å²) in [6, 6.07) is 4.33. The van der Waals surface area contributed by atoms with E-state index in [0.717, 1.165) is 101 Å². The van der Waals surface area contributed by atoms with Crippen LogP contribution in [-0.2, 0) is 29.2 Å². The Balaban J connectivity index is 1.14. The lowest BCUT2D eigenvalue weighted by Gasteiger charge is -2.33. The summed E-state index contributed by atoms with van der Waals surface area (Å²) in [7, 11) is -10.2. The van der Waals surface area contributed by atoms with Crippen LogP contribution in [0.1, 0.15) is 144 Å². The molecule has 2 aliphatic heterocycles. The molecule has 7 rings (SSSR count). The first-order valence-corrected chi connectivity index (χ1v) is 22.3. The van der Waals surface area contributed by atoms with E-state index < -0.39 is 82.6 Å². The normalized spacial score (nSPS) is 26.6. The number of thioether (sulfide) groups is 1. The first-order chi connectivity index (χ1) is 24.7. The number of carbonyl (C=O) groups is 1. The van der Waals surface area contributed by atoms with Gasteiger partial charge < -0.3 is 9.29 Å². The number of carbonyl (C=O) groups excluding carboxylic acids is 1. The largest absolute Gasteiger partial charge is 0.744 e. The van der Waals surface area contributed by atoms with Crippen molar-refractivity contribution in [2.24, 2.45) is 5.92 Å². The van der Waals surface area contributed by atoms with E-state index in [1.807, 2.05) is 0 Å². The van der Waals surface area contributed by atoms with Crippen molar-refractivity contribution < 1.29 is 52.7 Å².